The average Bonchev–Trinajstić information content (AvgIpc) is 2.47. The van der Waals surface area contributed by atoms with Crippen molar-refractivity contribution in [3.8, 4) is 0 Å². The summed E-state index contributed by atoms with van der Waals surface area (Å²) in [6.07, 6.45) is 7.17. The van der Waals surface area contributed by atoms with Crippen LogP contribution in [0.2, 0.25) is 0 Å². The molecule has 3 fully saturated rings. The monoisotopic (exact) mass is 307 g/mol. The van der Waals surface area contributed by atoms with E-state index in [-0.39, 0.29) is 0 Å². The fraction of sp³-hybridized carbons (Fsp3) is 1.00. The van der Waals surface area contributed by atoms with E-state index < -0.39 is 0 Å². The molecule has 0 spiro atoms. The SMILES string of the molecule is CC(C)N1CCC(CN2C3CCCC2CN(C(C)C)C3)CC1. The lowest BCUT2D eigenvalue weighted by Gasteiger charge is -2.52. The number of piperidine rings is 2. The summed E-state index contributed by atoms with van der Waals surface area (Å²) in [6.45, 7) is 16.1. The van der Waals surface area contributed by atoms with Crippen molar-refractivity contribution in [2.24, 2.45) is 5.92 Å². The van der Waals surface area contributed by atoms with Crippen molar-refractivity contribution in [1.29, 1.82) is 0 Å². The molecule has 0 N–H and O–H groups in total. The Hall–Kier alpha value is -0.120. The summed E-state index contributed by atoms with van der Waals surface area (Å²) in [4.78, 5) is 8.32. The molecule has 128 valence electrons. The molecular formula is C19H37N3. The van der Waals surface area contributed by atoms with E-state index in [0.29, 0.717) is 0 Å². The third kappa shape index (κ3) is 3.68. The molecule has 2 bridgehead atoms. The third-order valence-corrected chi connectivity index (χ3v) is 6.48. The standard InChI is InChI=1S/C19H37N3/c1-15(2)20-10-8-17(9-11-20)12-22-18-6-5-7-19(22)14-21(13-18)16(3)4/h15-19H,5-14H2,1-4H3. The van der Waals surface area contributed by atoms with Crippen LogP contribution in [0.4, 0.5) is 0 Å². The van der Waals surface area contributed by atoms with E-state index in [1.54, 1.807) is 0 Å². The number of hydrogen-bond donors (Lipinski definition) is 0. The second kappa shape index (κ2) is 7.19. The zero-order valence-corrected chi connectivity index (χ0v) is 15.3. The molecule has 0 aliphatic carbocycles. The van der Waals surface area contributed by atoms with Gasteiger partial charge in [-0.15, -0.1) is 0 Å². The van der Waals surface area contributed by atoms with Crippen LogP contribution in [0.5, 0.6) is 0 Å². The topological polar surface area (TPSA) is 9.72 Å². The summed E-state index contributed by atoms with van der Waals surface area (Å²) in [5, 5.41) is 0. The van der Waals surface area contributed by atoms with Gasteiger partial charge in [-0.3, -0.25) is 9.80 Å². The maximum Gasteiger partial charge on any atom is 0.0226 e. The lowest BCUT2D eigenvalue weighted by molar-refractivity contribution is -0.0343. The normalized spacial score (nSPS) is 33.0. The average molecular weight is 308 g/mol. The second-order valence-corrected chi connectivity index (χ2v) is 8.56. The predicted octanol–water partition coefficient (Wildman–Crippen LogP) is 3.05. The number of rotatable bonds is 4. The second-order valence-electron chi connectivity index (χ2n) is 8.56. The van der Waals surface area contributed by atoms with Gasteiger partial charge < -0.3 is 4.90 Å². The van der Waals surface area contributed by atoms with Gasteiger partial charge in [-0.25, -0.2) is 0 Å². The summed E-state index contributed by atoms with van der Waals surface area (Å²) < 4.78 is 0. The van der Waals surface area contributed by atoms with Crippen molar-refractivity contribution in [3.05, 3.63) is 0 Å². The first-order valence-corrected chi connectivity index (χ1v) is 9.78. The molecule has 2 unspecified atom stereocenters. The molecule has 3 nitrogen and oxygen atoms in total. The Morgan fingerprint density at radius 2 is 1.32 bits per heavy atom. The molecule has 3 saturated heterocycles. The number of fused-ring (bicyclic) bond motifs is 2. The minimum absolute atomic E-state index is 0.722. The largest absolute Gasteiger partial charge is 0.301 e. The first-order valence-electron chi connectivity index (χ1n) is 9.78. The van der Waals surface area contributed by atoms with Gasteiger partial charge in [0.2, 0.25) is 0 Å². The van der Waals surface area contributed by atoms with E-state index in [4.69, 9.17) is 0 Å². The molecule has 3 aliphatic heterocycles. The van der Waals surface area contributed by atoms with Gasteiger partial charge in [-0.05, 0) is 72.4 Å². The van der Waals surface area contributed by atoms with E-state index in [1.165, 1.54) is 64.8 Å². The van der Waals surface area contributed by atoms with Crippen molar-refractivity contribution in [2.45, 2.75) is 84.0 Å². The van der Waals surface area contributed by atoms with E-state index >= 15 is 0 Å². The number of hydrogen-bond acceptors (Lipinski definition) is 3. The van der Waals surface area contributed by atoms with Crippen LogP contribution >= 0.6 is 0 Å². The van der Waals surface area contributed by atoms with Gasteiger partial charge in [-0.2, -0.15) is 0 Å². The molecule has 0 aromatic rings. The van der Waals surface area contributed by atoms with Crippen LogP contribution in [-0.4, -0.2) is 71.6 Å². The van der Waals surface area contributed by atoms with Crippen molar-refractivity contribution in [2.75, 3.05) is 32.7 Å². The van der Waals surface area contributed by atoms with E-state index in [2.05, 4.69) is 42.4 Å². The molecule has 0 aromatic heterocycles. The highest BCUT2D eigenvalue weighted by Gasteiger charge is 2.39. The van der Waals surface area contributed by atoms with Crippen LogP contribution in [0, 0.1) is 5.92 Å². The van der Waals surface area contributed by atoms with Crippen LogP contribution in [0.3, 0.4) is 0 Å². The fourth-order valence-corrected chi connectivity index (χ4v) is 4.90. The molecule has 0 amide bonds. The fourth-order valence-electron chi connectivity index (χ4n) is 4.90. The highest BCUT2D eigenvalue weighted by Crippen LogP contribution is 2.32. The number of piperazine rings is 1. The molecule has 3 aliphatic rings. The van der Waals surface area contributed by atoms with Crippen molar-refractivity contribution < 1.29 is 0 Å². The molecule has 0 saturated carbocycles. The Bertz CT molecular complexity index is 333. The van der Waals surface area contributed by atoms with Crippen molar-refractivity contribution >= 4 is 0 Å². The van der Waals surface area contributed by atoms with Gasteiger partial charge in [0.05, 0.1) is 0 Å². The zero-order valence-electron chi connectivity index (χ0n) is 15.3. The van der Waals surface area contributed by atoms with Crippen LogP contribution in [0.15, 0.2) is 0 Å². The van der Waals surface area contributed by atoms with Gasteiger partial charge >= 0.3 is 0 Å². The molecule has 0 aromatic carbocycles. The molecule has 0 radical (unpaired) electrons. The van der Waals surface area contributed by atoms with Gasteiger partial charge in [0.25, 0.3) is 0 Å². The quantitative estimate of drug-likeness (QED) is 0.790. The Kier molecular flexibility index (Phi) is 5.47. The Balaban J connectivity index is 1.54. The highest BCUT2D eigenvalue weighted by molar-refractivity contribution is 4.95. The van der Waals surface area contributed by atoms with E-state index in [0.717, 1.165) is 30.1 Å². The molecule has 22 heavy (non-hydrogen) atoms. The van der Waals surface area contributed by atoms with Crippen LogP contribution in [-0.2, 0) is 0 Å². The molecule has 3 heteroatoms. The summed E-state index contributed by atoms with van der Waals surface area (Å²) in [5.74, 6) is 0.948. The summed E-state index contributed by atoms with van der Waals surface area (Å²) in [7, 11) is 0. The highest BCUT2D eigenvalue weighted by atomic mass is 15.3. The first kappa shape index (κ1) is 16.7. The molecular weight excluding hydrogens is 270 g/mol. The molecule has 2 atom stereocenters. The smallest absolute Gasteiger partial charge is 0.0226 e. The lowest BCUT2D eigenvalue weighted by atomic mass is 9.87. The predicted molar refractivity (Wildman–Crippen MR) is 94.3 cm³/mol. The van der Waals surface area contributed by atoms with Gasteiger partial charge in [-0.1, -0.05) is 6.42 Å². The van der Waals surface area contributed by atoms with Crippen molar-refractivity contribution in [3.63, 3.8) is 0 Å². The molecule has 3 rings (SSSR count). The zero-order chi connectivity index (χ0) is 15.7. The van der Waals surface area contributed by atoms with Gasteiger partial charge in [0, 0.05) is 43.8 Å². The first-order chi connectivity index (χ1) is 10.5. The number of nitrogens with zero attached hydrogens (tertiary/aromatic N) is 3. The van der Waals surface area contributed by atoms with Crippen LogP contribution in [0.1, 0.15) is 59.8 Å². The maximum atomic E-state index is 2.93. The van der Waals surface area contributed by atoms with Crippen molar-refractivity contribution in [1.82, 2.24) is 14.7 Å². The van der Waals surface area contributed by atoms with E-state index in [9.17, 15) is 0 Å². The lowest BCUT2D eigenvalue weighted by Crippen LogP contribution is -2.63. The van der Waals surface area contributed by atoms with Crippen LogP contribution < -0.4 is 0 Å². The minimum atomic E-state index is 0.722. The minimum Gasteiger partial charge on any atom is -0.301 e. The molecule has 3 heterocycles. The summed E-state index contributed by atoms with van der Waals surface area (Å²) in [5.41, 5.74) is 0. The van der Waals surface area contributed by atoms with Crippen LogP contribution in [0.25, 0.3) is 0 Å². The van der Waals surface area contributed by atoms with Gasteiger partial charge in [0.15, 0.2) is 0 Å². The van der Waals surface area contributed by atoms with Gasteiger partial charge in [0.1, 0.15) is 0 Å². The summed E-state index contributed by atoms with van der Waals surface area (Å²) >= 11 is 0. The van der Waals surface area contributed by atoms with E-state index in [1.807, 2.05) is 0 Å². The Morgan fingerprint density at radius 1 is 0.773 bits per heavy atom. The maximum absolute atomic E-state index is 2.93. The third-order valence-electron chi connectivity index (χ3n) is 6.48. The Labute approximate surface area is 138 Å². The Morgan fingerprint density at radius 3 is 1.82 bits per heavy atom. The number of likely N-dealkylation sites (tertiary alicyclic amines) is 2. The summed E-state index contributed by atoms with van der Waals surface area (Å²) in [6, 6.07) is 3.14.